The van der Waals surface area contributed by atoms with Gasteiger partial charge in [0.15, 0.2) is 0 Å². The van der Waals surface area contributed by atoms with Gasteiger partial charge in [0.1, 0.15) is 11.6 Å². The molecule has 2 rings (SSSR count). The fourth-order valence-electron chi connectivity index (χ4n) is 1.82. The number of anilines is 2. The van der Waals surface area contributed by atoms with Crippen molar-refractivity contribution < 1.29 is 13.6 Å². The number of benzene rings is 2. The van der Waals surface area contributed by atoms with Crippen molar-refractivity contribution in [3.8, 4) is 0 Å². The number of nitrogens with one attached hydrogen (secondary N) is 1. The second-order valence-electron chi connectivity index (χ2n) is 4.48. The molecule has 104 valence electrons. The van der Waals surface area contributed by atoms with Crippen molar-refractivity contribution >= 4 is 17.3 Å². The summed E-state index contributed by atoms with van der Waals surface area (Å²) in [5, 5.41) is 2.66. The lowest BCUT2D eigenvalue weighted by Gasteiger charge is -2.10. The molecule has 2 aromatic rings. The van der Waals surface area contributed by atoms with E-state index in [0.717, 1.165) is 17.7 Å². The van der Waals surface area contributed by atoms with Crippen LogP contribution in [-0.4, -0.2) is 5.91 Å². The maximum Gasteiger partial charge on any atom is 0.228 e. The third-order valence-electron chi connectivity index (χ3n) is 3.02. The van der Waals surface area contributed by atoms with E-state index in [9.17, 15) is 13.6 Å². The number of rotatable bonds is 3. The van der Waals surface area contributed by atoms with Gasteiger partial charge in [-0.05, 0) is 36.2 Å². The van der Waals surface area contributed by atoms with Crippen LogP contribution in [0, 0.1) is 18.6 Å². The molecule has 3 N–H and O–H groups in total. The maximum absolute atomic E-state index is 13.5. The van der Waals surface area contributed by atoms with Gasteiger partial charge in [0.2, 0.25) is 5.91 Å². The largest absolute Gasteiger partial charge is 0.398 e. The number of amides is 1. The zero-order valence-electron chi connectivity index (χ0n) is 10.9. The number of hydrogen-bond acceptors (Lipinski definition) is 2. The molecule has 5 heteroatoms. The molecule has 0 spiro atoms. The molecule has 1 amide bonds. The maximum atomic E-state index is 13.5. The number of carbonyl (C=O) groups excluding carboxylic acids is 1. The minimum Gasteiger partial charge on any atom is -0.398 e. The van der Waals surface area contributed by atoms with E-state index in [0.29, 0.717) is 11.4 Å². The Kier molecular flexibility index (Phi) is 3.98. The van der Waals surface area contributed by atoms with Crippen LogP contribution in [-0.2, 0) is 11.2 Å². The first kappa shape index (κ1) is 14.0. The van der Waals surface area contributed by atoms with Gasteiger partial charge >= 0.3 is 0 Å². The third-order valence-corrected chi connectivity index (χ3v) is 3.02. The summed E-state index contributed by atoms with van der Waals surface area (Å²) in [6.45, 7) is 1.78. The van der Waals surface area contributed by atoms with Crippen LogP contribution in [0.25, 0.3) is 0 Å². The fraction of sp³-hybridized carbons (Fsp3) is 0.133. The summed E-state index contributed by atoms with van der Waals surface area (Å²) < 4.78 is 26.2. The standard InChI is InChI=1S/C15H14F2N2O/c1-9-13(18)3-2-4-14(9)19-15(20)7-10-5-6-11(16)8-12(10)17/h2-6,8H,7,18H2,1H3,(H,19,20). The number of nitrogen functional groups attached to an aromatic ring is 1. The van der Waals surface area contributed by atoms with Crippen LogP contribution < -0.4 is 11.1 Å². The Morgan fingerprint density at radius 1 is 1.25 bits per heavy atom. The lowest BCUT2D eigenvalue weighted by Crippen LogP contribution is -2.16. The van der Waals surface area contributed by atoms with Crippen molar-refractivity contribution in [3.63, 3.8) is 0 Å². The smallest absolute Gasteiger partial charge is 0.228 e. The Balaban J connectivity index is 2.11. The topological polar surface area (TPSA) is 55.1 Å². The quantitative estimate of drug-likeness (QED) is 0.847. The molecule has 0 aromatic heterocycles. The lowest BCUT2D eigenvalue weighted by molar-refractivity contribution is -0.115. The molecule has 0 radical (unpaired) electrons. The molecule has 0 heterocycles. The minimum absolute atomic E-state index is 0.144. The van der Waals surface area contributed by atoms with Gasteiger partial charge < -0.3 is 11.1 Å². The molecule has 0 saturated heterocycles. The highest BCUT2D eigenvalue weighted by Crippen LogP contribution is 2.21. The number of hydrogen-bond donors (Lipinski definition) is 2. The molecule has 0 aliphatic carbocycles. The van der Waals surface area contributed by atoms with Crippen molar-refractivity contribution in [2.45, 2.75) is 13.3 Å². The zero-order chi connectivity index (χ0) is 14.7. The molecule has 0 unspecified atom stereocenters. The Hall–Kier alpha value is -2.43. The van der Waals surface area contributed by atoms with Crippen molar-refractivity contribution in [2.24, 2.45) is 0 Å². The van der Waals surface area contributed by atoms with E-state index >= 15 is 0 Å². The summed E-state index contributed by atoms with van der Waals surface area (Å²) >= 11 is 0. The van der Waals surface area contributed by atoms with Crippen molar-refractivity contribution in [2.75, 3.05) is 11.1 Å². The Morgan fingerprint density at radius 3 is 2.70 bits per heavy atom. The average molecular weight is 276 g/mol. The van der Waals surface area contributed by atoms with Crippen molar-refractivity contribution in [3.05, 3.63) is 59.2 Å². The summed E-state index contributed by atoms with van der Waals surface area (Å²) in [5.41, 5.74) is 7.78. The summed E-state index contributed by atoms with van der Waals surface area (Å²) in [5.74, 6) is -1.79. The highest BCUT2D eigenvalue weighted by Gasteiger charge is 2.11. The molecule has 0 atom stereocenters. The lowest BCUT2D eigenvalue weighted by atomic mass is 10.1. The summed E-state index contributed by atoms with van der Waals surface area (Å²) in [4.78, 5) is 11.9. The van der Waals surface area contributed by atoms with Crippen LogP contribution in [0.4, 0.5) is 20.2 Å². The van der Waals surface area contributed by atoms with Crippen LogP contribution in [0.1, 0.15) is 11.1 Å². The monoisotopic (exact) mass is 276 g/mol. The van der Waals surface area contributed by atoms with Crippen LogP contribution in [0.15, 0.2) is 36.4 Å². The predicted octanol–water partition coefficient (Wildman–Crippen LogP) is 3.04. The van der Waals surface area contributed by atoms with E-state index in [1.54, 1.807) is 25.1 Å². The van der Waals surface area contributed by atoms with Crippen LogP contribution in [0.5, 0.6) is 0 Å². The second kappa shape index (κ2) is 5.69. The van der Waals surface area contributed by atoms with E-state index in [4.69, 9.17) is 5.73 Å². The molecule has 0 bridgehead atoms. The Labute approximate surface area is 115 Å². The predicted molar refractivity (Wildman–Crippen MR) is 74.3 cm³/mol. The van der Waals surface area contributed by atoms with E-state index < -0.39 is 11.6 Å². The summed E-state index contributed by atoms with van der Waals surface area (Å²) in [6, 6.07) is 8.30. The van der Waals surface area contributed by atoms with E-state index in [1.165, 1.54) is 6.07 Å². The molecule has 2 aromatic carbocycles. The average Bonchev–Trinajstić information content (AvgIpc) is 2.38. The Morgan fingerprint density at radius 2 is 2.00 bits per heavy atom. The van der Waals surface area contributed by atoms with E-state index in [1.807, 2.05) is 0 Å². The second-order valence-corrected chi connectivity index (χ2v) is 4.48. The molecule has 20 heavy (non-hydrogen) atoms. The number of nitrogens with two attached hydrogens (primary N) is 1. The molecule has 0 aliphatic rings. The fourth-order valence-corrected chi connectivity index (χ4v) is 1.82. The van der Waals surface area contributed by atoms with Gasteiger partial charge in [-0.3, -0.25) is 4.79 Å². The first-order valence-corrected chi connectivity index (χ1v) is 6.06. The molecule has 0 saturated carbocycles. The molecule has 3 nitrogen and oxygen atoms in total. The van der Waals surface area contributed by atoms with Gasteiger partial charge in [0, 0.05) is 17.4 Å². The first-order valence-electron chi connectivity index (χ1n) is 6.06. The normalized spacial score (nSPS) is 10.3. The third kappa shape index (κ3) is 3.12. The summed E-state index contributed by atoms with van der Waals surface area (Å²) in [6.07, 6.45) is -0.166. The Bertz CT molecular complexity index is 656. The van der Waals surface area contributed by atoms with Crippen molar-refractivity contribution in [1.29, 1.82) is 0 Å². The van der Waals surface area contributed by atoms with Gasteiger partial charge in [0.05, 0.1) is 6.42 Å². The zero-order valence-corrected chi connectivity index (χ0v) is 10.9. The van der Waals surface area contributed by atoms with Gasteiger partial charge in [-0.2, -0.15) is 0 Å². The van der Waals surface area contributed by atoms with Crippen molar-refractivity contribution in [1.82, 2.24) is 0 Å². The van der Waals surface area contributed by atoms with Crippen LogP contribution in [0.2, 0.25) is 0 Å². The molecular formula is C15H14F2N2O. The SMILES string of the molecule is Cc1c(N)cccc1NC(=O)Cc1ccc(F)cc1F. The van der Waals surface area contributed by atoms with Crippen LogP contribution >= 0.6 is 0 Å². The first-order chi connectivity index (χ1) is 9.47. The highest BCUT2D eigenvalue weighted by molar-refractivity contribution is 5.93. The number of halogens is 2. The van der Waals surface area contributed by atoms with Crippen LogP contribution in [0.3, 0.4) is 0 Å². The van der Waals surface area contributed by atoms with Gasteiger partial charge in [-0.15, -0.1) is 0 Å². The van der Waals surface area contributed by atoms with Gasteiger partial charge in [0.25, 0.3) is 0 Å². The van der Waals surface area contributed by atoms with Gasteiger partial charge in [-0.1, -0.05) is 12.1 Å². The molecular weight excluding hydrogens is 262 g/mol. The highest BCUT2D eigenvalue weighted by atomic mass is 19.1. The number of carbonyl (C=O) groups is 1. The molecule has 0 fully saturated rings. The van der Waals surface area contributed by atoms with E-state index in [-0.39, 0.29) is 17.9 Å². The minimum atomic E-state index is -0.732. The van der Waals surface area contributed by atoms with E-state index in [2.05, 4.69) is 5.32 Å². The summed E-state index contributed by atoms with van der Waals surface area (Å²) in [7, 11) is 0. The molecule has 0 aliphatic heterocycles. The van der Waals surface area contributed by atoms with Gasteiger partial charge in [-0.25, -0.2) is 8.78 Å².